The summed E-state index contributed by atoms with van der Waals surface area (Å²) in [6.45, 7) is 0. The van der Waals surface area contributed by atoms with Crippen molar-refractivity contribution < 1.29 is 0 Å². The van der Waals surface area contributed by atoms with Crippen LogP contribution in [-0.4, -0.2) is 19.1 Å². The maximum Gasteiger partial charge on any atom is 0.0979 e. The van der Waals surface area contributed by atoms with Crippen LogP contribution in [0, 0.1) is 0 Å². The largest absolute Gasteiger partial charge is 0.307 e. The molecule has 3 aromatic heterocycles. The minimum atomic E-state index is 0.857. The van der Waals surface area contributed by atoms with E-state index in [9.17, 15) is 0 Å². The Labute approximate surface area is 322 Å². The summed E-state index contributed by atoms with van der Waals surface area (Å²) in [4.78, 5) is 11.1. The van der Waals surface area contributed by atoms with Crippen LogP contribution < -0.4 is 0 Å². The van der Waals surface area contributed by atoms with E-state index in [0.717, 1.165) is 61.2 Å². The van der Waals surface area contributed by atoms with E-state index in [2.05, 4.69) is 203 Å². The summed E-state index contributed by atoms with van der Waals surface area (Å²) in [6, 6.07) is 69.4. The predicted octanol–water partition coefficient (Wildman–Crippen LogP) is 13.5. The van der Waals surface area contributed by atoms with Gasteiger partial charge in [0.1, 0.15) is 0 Å². The molecule has 56 heavy (non-hydrogen) atoms. The highest BCUT2D eigenvalue weighted by Crippen LogP contribution is 2.43. The van der Waals surface area contributed by atoms with Gasteiger partial charge in [-0.3, -0.25) is 0 Å². The maximum absolute atomic E-state index is 5.60. The van der Waals surface area contributed by atoms with Gasteiger partial charge in [0.15, 0.2) is 0 Å². The lowest BCUT2D eigenvalue weighted by molar-refractivity contribution is 1.15. The summed E-state index contributed by atoms with van der Waals surface area (Å²) >= 11 is 0. The monoisotopic (exact) mass is 712 g/mol. The van der Waals surface area contributed by atoms with Crippen LogP contribution in [-0.2, 0) is 0 Å². The minimum Gasteiger partial charge on any atom is -0.307 e. The normalized spacial score (nSPS) is 11.9. The Morgan fingerprint density at radius 1 is 0.286 bits per heavy atom. The number of rotatable bonds is 4. The number of hydrogen-bond acceptors (Lipinski definition) is 2. The molecule has 0 fully saturated rings. The Kier molecular flexibility index (Phi) is 6.60. The van der Waals surface area contributed by atoms with Crippen LogP contribution in [0.5, 0.6) is 0 Å². The smallest absolute Gasteiger partial charge is 0.0979 e. The van der Waals surface area contributed by atoms with Crippen LogP contribution in [0.3, 0.4) is 0 Å². The second-order valence-corrected chi connectivity index (χ2v) is 14.5. The summed E-state index contributed by atoms with van der Waals surface area (Å²) < 4.78 is 4.89. The molecule has 0 amide bonds. The molecule has 0 radical (unpaired) electrons. The number of aromatic nitrogens is 4. The van der Waals surface area contributed by atoms with Gasteiger partial charge < -0.3 is 9.13 Å². The van der Waals surface area contributed by atoms with E-state index in [-0.39, 0.29) is 0 Å². The van der Waals surface area contributed by atoms with E-state index in [1.807, 2.05) is 0 Å². The predicted molar refractivity (Wildman–Crippen MR) is 234 cm³/mol. The molecule has 12 aromatic rings. The molecule has 0 bridgehead atoms. The van der Waals surface area contributed by atoms with Crippen molar-refractivity contribution in [2.45, 2.75) is 0 Å². The van der Waals surface area contributed by atoms with E-state index in [1.165, 1.54) is 48.9 Å². The number of benzene rings is 9. The molecule has 0 aliphatic heterocycles. The van der Waals surface area contributed by atoms with Gasteiger partial charge in [0, 0.05) is 54.8 Å². The van der Waals surface area contributed by atoms with Crippen molar-refractivity contribution in [3.8, 4) is 33.9 Å². The van der Waals surface area contributed by atoms with Crippen LogP contribution >= 0.6 is 0 Å². The Balaban J connectivity index is 1.19. The zero-order valence-corrected chi connectivity index (χ0v) is 30.3. The molecule has 0 aliphatic rings. The zero-order chi connectivity index (χ0) is 36.7. The summed E-state index contributed by atoms with van der Waals surface area (Å²) in [7, 11) is 0. The van der Waals surface area contributed by atoms with Gasteiger partial charge in [-0.2, -0.15) is 0 Å². The number of hydrogen-bond donors (Lipinski definition) is 0. The third kappa shape index (κ3) is 4.41. The van der Waals surface area contributed by atoms with Gasteiger partial charge in [0.2, 0.25) is 0 Å². The highest BCUT2D eigenvalue weighted by atomic mass is 15.0. The second kappa shape index (κ2) is 12.0. The molecule has 0 saturated carbocycles. The fourth-order valence-corrected chi connectivity index (χ4v) is 9.06. The minimum absolute atomic E-state index is 0.857. The van der Waals surface area contributed by atoms with Crippen molar-refractivity contribution in [2.24, 2.45) is 0 Å². The lowest BCUT2D eigenvalue weighted by atomic mass is 9.97. The Morgan fingerprint density at radius 3 is 1.27 bits per heavy atom. The lowest BCUT2D eigenvalue weighted by Crippen LogP contribution is -2.00. The number of para-hydroxylation sites is 3. The molecule has 0 aliphatic carbocycles. The molecular weight excluding hydrogens is 681 g/mol. The topological polar surface area (TPSA) is 35.6 Å². The first-order chi connectivity index (χ1) is 27.8. The Morgan fingerprint density at radius 2 is 0.696 bits per heavy atom. The third-order valence-corrected chi connectivity index (χ3v) is 11.5. The zero-order valence-electron chi connectivity index (χ0n) is 30.3. The fourth-order valence-electron chi connectivity index (χ4n) is 9.06. The van der Waals surface area contributed by atoms with Crippen molar-refractivity contribution in [3.05, 3.63) is 194 Å². The first kappa shape index (κ1) is 30.9. The SMILES string of the molecule is c1ccc(-c2nc3c4ccccc4c4ccccc4c3nc2-c2cccc(-n3c4ccccc4c4ccc5c6ccccc6n(-c6ccccc6)c5c43)c2)cc1. The molecule has 0 atom stereocenters. The van der Waals surface area contributed by atoms with Gasteiger partial charge in [0.05, 0.1) is 44.5 Å². The molecule has 0 unspecified atom stereocenters. The molecule has 0 saturated heterocycles. The lowest BCUT2D eigenvalue weighted by Gasteiger charge is -2.16. The maximum atomic E-state index is 5.60. The van der Waals surface area contributed by atoms with Gasteiger partial charge in [-0.05, 0) is 47.2 Å². The summed E-state index contributed by atoms with van der Waals surface area (Å²) in [6.07, 6.45) is 0. The Hall–Kier alpha value is -7.56. The van der Waals surface area contributed by atoms with Crippen LogP contribution in [0.1, 0.15) is 0 Å². The number of nitrogens with zero attached hydrogens (tertiary/aromatic N) is 4. The van der Waals surface area contributed by atoms with Crippen LogP contribution in [0.25, 0.3) is 110 Å². The van der Waals surface area contributed by atoms with Crippen molar-refractivity contribution in [1.29, 1.82) is 0 Å². The molecular formula is C52H32N4. The summed E-state index contributed by atoms with van der Waals surface area (Å²) in [5.74, 6) is 0. The van der Waals surface area contributed by atoms with Crippen LogP contribution in [0.15, 0.2) is 194 Å². The fraction of sp³-hybridized carbons (Fsp3) is 0. The number of fused-ring (bicyclic) bond motifs is 13. The molecule has 4 nitrogen and oxygen atoms in total. The van der Waals surface area contributed by atoms with Gasteiger partial charge in [0.25, 0.3) is 0 Å². The van der Waals surface area contributed by atoms with E-state index < -0.39 is 0 Å². The van der Waals surface area contributed by atoms with E-state index >= 15 is 0 Å². The van der Waals surface area contributed by atoms with E-state index in [4.69, 9.17) is 9.97 Å². The van der Waals surface area contributed by atoms with Crippen molar-refractivity contribution >= 4 is 76.2 Å². The van der Waals surface area contributed by atoms with E-state index in [1.54, 1.807) is 0 Å². The average molecular weight is 713 g/mol. The molecule has 4 heteroatoms. The molecule has 0 N–H and O–H groups in total. The van der Waals surface area contributed by atoms with Crippen LogP contribution in [0.2, 0.25) is 0 Å². The summed E-state index contributed by atoms with van der Waals surface area (Å²) in [5.41, 5.74) is 12.5. The Bertz CT molecular complexity index is 3520. The first-order valence-corrected chi connectivity index (χ1v) is 19.1. The quantitative estimate of drug-likeness (QED) is 0.170. The van der Waals surface area contributed by atoms with Crippen molar-refractivity contribution in [2.75, 3.05) is 0 Å². The second-order valence-electron chi connectivity index (χ2n) is 14.5. The highest BCUT2D eigenvalue weighted by molar-refractivity contribution is 6.25. The molecule has 260 valence electrons. The summed E-state index contributed by atoms with van der Waals surface area (Å²) in [5, 5.41) is 9.46. The molecule has 12 rings (SSSR count). The third-order valence-electron chi connectivity index (χ3n) is 11.5. The van der Waals surface area contributed by atoms with Crippen LogP contribution in [0.4, 0.5) is 0 Å². The van der Waals surface area contributed by atoms with Crippen molar-refractivity contribution in [3.63, 3.8) is 0 Å². The molecule has 3 heterocycles. The van der Waals surface area contributed by atoms with Crippen molar-refractivity contribution in [1.82, 2.24) is 19.1 Å². The standard InChI is InChI=1S/C52H32N4/c1-3-16-33(17-4-1)47-48(54-50-42-27-10-8-23-38(42)37-22-7-9-26-41(37)49(50)53-47)34-18-15-21-36(32-34)56-46-29-14-12-25-40(46)44-31-30-43-39-24-11-13-28-45(39)55(51(43)52(44)56)35-19-5-2-6-20-35/h1-32H. The first-order valence-electron chi connectivity index (χ1n) is 19.1. The van der Waals surface area contributed by atoms with Gasteiger partial charge in [-0.1, -0.05) is 158 Å². The highest BCUT2D eigenvalue weighted by Gasteiger charge is 2.22. The molecule has 0 spiro atoms. The average Bonchev–Trinajstić information content (AvgIpc) is 3.80. The van der Waals surface area contributed by atoms with Gasteiger partial charge in [-0.25, -0.2) is 9.97 Å². The van der Waals surface area contributed by atoms with Gasteiger partial charge >= 0.3 is 0 Å². The van der Waals surface area contributed by atoms with Gasteiger partial charge in [-0.15, -0.1) is 0 Å². The molecule has 9 aromatic carbocycles. The van der Waals surface area contributed by atoms with E-state index in [0.29, 0.717) is 0 Å².